The van der Waals surface area contributed by atoms with Crippen molar-refractivity contribution in [2.24, 2.45) is 0 Å². The molecule has 1 aromatic rings. The highest BCUT2D eigenvalue weighted by atomic mass is 16.5. The number of hydrogen-bond acceptors (Lipinski definition) is 3. The van der Waals surface area contributed by atoms with Crippen molar-refractivity contribution in [3.05, 3.63) is 47.7 Å². The standard InChI is InChI=1S/C13H14O3/c1-2-16-13(15)12(14)10-6-9-11-7-4-3-5-8-11/h3-5,7-10,12,14H,2H2,1H3. The summed E-state index contributed by atoms with van der Waals surface area (Å²) in [6.45, 7) is 1.94. The van der Waals surface area contributed by atoms with E-state index < -0.39 is 12.1 Å². The van der Waals surface area contributed by atoms with Crippen molar-refractivity contribution in [1.82, 2.24) is 0 Å². The van der Waals surface area contributed by atoms with Crippen LogP contribution in [-0.4, -0.2) is 23.8 Å². The van der Waals surface area contributed by atoms with Crippen molar-refractivity contribution in [1.29, 1.82) is 0 Å². The van der Waals surface area contributed by atoms with Crippen LogP contribution in [0.4, 0.5) is 0 Å². The molecule has 1 rings (SSSR count). The first kappa shape index (κ1) is 12.2. The first-order valence-electron chi connectivity index (χ1n) is 5.06. The highest BCUT2D eigenvalue weighted by Crippen LogP contribution is 1.99. The largest absolute Gasteiger partial charge is 0.464 e. The van der Waals surface area contributed by atoms with E-state index in [0.29, 0.717) is 0 Å². The minimum Gasteiger partial charge on any atom is -0.464 e. The van der Waals surface area contributed by atoms with Crippen molar-refractivity contribution in [2.75, 3.05) is 6.61 Å². The molecule has 0 spiro atoms. The quantitative estimate of drug-likeness (QED) is 0.619. The summed E-state index contributed by atoms with van der Waals surface area (Å²) < 4.78 is 4.63. The maximum absolute atomic E-state index is 11.0. The fraction of sp³-hybridized carbons (Fsp3) is 0.231. The molecule has 0 amide bonds. The van der Waals surface area contributed by atoms with Crippen LogP contribution in [0.5, 0.6) is 0 Å². The Morgan fingerprint density at radius 2 is 2.19 bits per heavy atom. The van der Waals surface area contributed by atoms with Crippen LogP contribution in [0.25, 0.3) is 6.08 Å². The van der Waals surface area contributed by atoms with E-state index in [-0.39, 0.29) is 6.61 Å². The fourth-order valence-electron chi connectivity index (χ4n) is 1.08. The van der Waals surface area contributed by atoms with Crippen molar-refractivity contribution < 1.29 is 14.6 Å². The van der Waals surface area contributed by atoms with Crippen molar-refractivity contribution in [3.8, 4) is 0 Å². The van der Waals surface area contributed by atoms with E-state index in [0.717, 1.165) is 5.56 Å². The summed E-state index contributed by atoms with van der Waals surface area (Å²) in [5.41, 5.74) is 3.69. The predicted octanol–water partition coefficient (Wildman–Crippen LogP) is 1.78. The maximum atomic E-state index is 11.0. The zero-order valence-electron chi connectivity index (χ0n) is 9.09. The Morgan fingerprint density at radius 1 is 1.50 bits per heavy atom. The van der Waals surface area contributed by atoms with Gasteiger partial charge in [-0.3, -0.25) is 0 Å². The second kappa shape index (κ2) is 6.62. The maximum Gasteiger partial charge on any atom is 0.339 e. The van der Waals surface area contributed by atoms with Crippen LogP contribution < -0.4 is 0 Å². The molecule has 1 atom stereocenters. The Bertz CT molecular complexity index is 389. The molecule has 3 heteroatoms. The van der Waals surface area contributed by atoms with Gasteiger partial charge < -0.3 is 9.84 Å². The molecular weight excluding hydrogens is 204 g/mol. The Kier molecular flexibility index (Phi) is 5.06. The van der Waals surface area contributed by atoms with Gasteiger partial charge in [0, 0.05) is 0 Å². The molecule has 0 radical (unpaired) electrons. The normalized spacial score (nSPS) is 11.1. The fourth-order valence-corrected chi connectivity index (χ4v) is 1.08. The van der Waals surface area contributed by atoms with E-state index in [1.165, 1.54) is 6.08 Å². The zero-order chi connectivity index (χ0) is 11.8. The van der Waals surface area contributed by atoms with Crippen LogP contribution in [0, 0.1) is 0 Å². The Morgan fingerprint density at radius 3 is 2.81 bits per heavy atom. The van der Waals surface area contributed by atoms with Crippen LogP contribution in [0.2, 0.25) is 0 Å². The van der Waals surface area contributed by atoms with Gasteiger partial charge in [0.25, 0.3) is 0 Å². The third-order valence-electron chi connectivity index (χ3n) is 1.83. The van der Waals surface area contributed by atoms with Gasteiger partial charge in [0.1, 0.15) is 0 Å². The molecule has 0 fully saturated rings. The van der Waals surface area contributed by atoms with Gasteiger partial charge in [0.05, 0.1) is 6.61 Å². The molecule has 0 aliphatic rings. The minimum absolute atomic E-state index is 0.256. The zero-order valence-corrected chi connectivity index (χ0v) is 9.09. The minimum atomic E-state index is -1.25. The number of hydrogen-bond donors (Lipinski definition) is 1. The smallest absolute Gasteiger partial charge is 0.339 e. The Labute approximate surface area is 94.7 Å². The number of ether oxygens (including phenoxy) is 1. The van der Waals surface area contributed by atoms with E-state index in [1.54, 1.807) is 13.0 Å². The molecule has 1 N–H and O–H groups in total. The summed E-state index contributed by atoms with van der Waals surface area (Å²) in [6.07, 6.45) is 1.70. The highest BCUT2D eigenvalue weighted by molar-refractivity contribution is 5.76. The summed E-state index contributed by atoms with van der Waals surface area (Å²) in [5, 5.41) is 9.31. The molecule has 84 valence electrons. The number of aliphatic hydroxyl groups is 1. The van der Waals surface area contributed by atoms with Crippen LogP contribution in [0.15, 0.2) is 42.1 Å². The van der Waals surface area contributed by atoms with Gasteiger partial charge in [-0.15, -0.1) is 5.73 Å². The molecule has 16 heavy (non-hydrogen) atoms. The summed E-state index contributed by atoms with van der Waals surface area (Å²) in [7, 11) is 0. The Hall–Kier alpha value is -1.83. The number of aliphatic hydroxyl groups excluding tert-OH is 1. The highest BCUT2D eigenvalue weighted by Gasteiger charge is 2.10. The average molecular weight is 218 g/mol. The molecule has 0 heterocycles. The van der Waals surface area contributed by atoms with Crippen molar-refractivity contribution in [3.63, 3.8) is 0 Å². The number of carbonyl (C=O) groups excluding carboxylic acids is 1. The van der Waals surface area contributed by atoms with Crippen LogP contribution in [0.3, 0.4) is 0 Å². The van der Waals surface area contributed by atoms with Gasteiger partial charge in [-0.2, -0.15) is 0 Å². The second-order valence-electron chi connectivity index (χ2n) is 3.09. The van der Waals surface area contributed by atoms with Crippen LogP contribution in [-0.2, 0) is 9.53 Å². The molecule has 1 aromatic carbocycles. The summed E-state index contributed by atoms with van der Waals surface area (Å²) >= 11 is 0. The first-order chi connectivity index (χ1) is 7.74. The number of benzene rings is 1. The third kappa shape index (κ3) is 4.13. The van der Waals surface area contributed by atoms with E-state index >= 15 is 0 Å². The van der Waals surface area contributed by atoms with Gasteiger partial charge in [-0.1, -0.05) is 30.3 Å². The van der Waals surface area contributed by atoms with Gasteiger partial charge in [-0.05, 0) is 24.6 Å². The van der Waals surface area contributed by atoms with E-state index in [9.17, 15) is 9.90 Å². The van der Waals surface area contributed by atoms with E-state index in [2.05, 4.69) is 10.5 Å². The Balaban J connectivity index is 2.60. The summed E-state index contributed by atoms with van der Waals surface area (Å²) in [6, 6.07) is 9.51. The van der Waals surface area contributed by atoms with E-state index in [1.807, 2.05) is 30.3 Å². The summed E-state index contributed by atoms with van der Waals surface area (Å²) in [4.78, 5) is 11.0. The third-order valence-corrected chi connectivity index (χ3v) is 1.83. The number of rotatable bonds is 4. The molecule has 0 saturated heterocycles. The lowest BCUT2D eigenvalue weighted by molar-refractivity contribution is -0.150. The lowest BCUT2D eigenvalue weighted by Gasteiger charge is -2.02. The molecule has 3 nitrogen and oxygen atoms in total. The van der Waals surface area contributed by atoms with Crippen molar-refractivity contribution >= 4 is 12.0 Å². The second-order valence-corrected chi connectivity index (χ2v) is 3.09. The van der Waals surface area contributed by atoms with Crippen molar-refractivity contribution in [2.45, 2.75) is 13.0 Å². The summed E-state index contributed by atoms with van der Waals surface area (Å²) in [5.74, 6) is -0.656. The lowest BCUT2D eigenvalue weighted by Crippen LogP contribution is -2.20. The molecule has 0 aromatic heterocycles. The van der Waals surface area contributed by atoms with Crippen LogP contribution in [0.1, 0.15) is 12.5 Å². The molecule has 1 unspecified atom stereocenters. The SMILES string of the molecule is CCOC(=O)C(O)C=C=Cc1ccccc1. The molecular formula is C13H14O3. The average Bonchev–Trinajstić information content (AvgIpc) is 2.30. The van der Waals surface area contributed by atoms with Crippen LogP contribution >= 0.6 is 0 Å². The molecule has 0 aliphatic heterocycles. The monoisotopic (exact) mass is 218 g/mol. The lowest BCUT2D eigenvalue weighted by atomic mass is 10.2. The molecule has 0 aliphatic carbocycles. The molecule has 0 bridgehead atoms. The van der Waals surface area contributed by atoms with Gasteiger partial charge in [0.2, 0.25) is 0 Å². The van der Waals surface area contributed by atoms with Gasteiger partial charge in [0.15, 0.2) is 6.10 Å². The number of esters is 1. The van der Waals surface area contributed by atoms with E-state index in [4.69, 9.17) is 0 Å². The van der Waals surface area contributed by atoms with Gasteiger partial charge >= 0.3 is 5.97 Å². The molecule has 0 saturated carbocycles. The topological polar surface area (TPSA) is 46.5 Å². The predicted molar refractivity (Wildman–Crippen MR) is 61.6 cm³/mol. The first-order valence-corrected chi connectivity index (χ1v) is 5.06. The number of carbonyl (C=O) groups is 1. The van der Waals surface area contributed by atoms with Gasteiger partial charge in [-0.25, -0.2) is 4.79 Å².